The molecule has 28 heavy (non-hydrogen) atoms. The summed E-state index contributed by atoms with van der Waals surface area (Å²) in [6.07, 6.45) is 1.70. The predicted octanol–water partition coefficient (Wildman–Crippen LogP) is 4.03. The van der Waals surface area contributed by atoms with Gasteiger partial charge in [-0.15, -0.1) is 11.3 Å². The summed E-state index contributed by atoms with van der Waals surface area (Å²) in [5, 5.41) is 5.42. The lowest BCUT2D eigenvalue weighted by molar-refractivity contribution is 0.0946. The summed E-state index contributed by atoms with van der Waals surface area (Å²) in [5.74, 6) is 1.97. The number of rotatable bonds is 7. The van der Waals surface area contributed by atoms with Gasteiger partial charge in [-0.1, -0.05) is 18.7 Å². The van der Waals surface area contributed by atoms with Crippen molar-refractivity contribution in [1.82, 2.24) is 10.3 Å². The first-order chi connectivity index (χ1) is 13.7. The summed E-state index contributed by atoms with van der Waals surface area (Å²) >= 11 is 1.43. The van der Waals surface area contributed by atoms with Gasteiger partial charge >= 0.3 is 0 Å². The zero-order valence-corrected chi connectivity index (χ0v) is 15.8. The van der Waals surface area contributed by atoms with E-state index in [4.69, 9.17) is 14.2 Å². The van der Waals surface area contributed by atoms with E-state index < -0.39 is 0 Å². The largest absolute Gasteiger partial charge is 0.490 e. The molecule has 0 radical (unpaired) electrons. The molecule has 142 valence electrons. The molecule has 1 aromatic heterocycles. The van der Waals surface area contributed by atoms with Gasteiger partial charge in [-0.05, 0) is 42.0 Å². The number of aromatic nitrogens is 1. The van der Waals surface area contributed by atoms with Crippen LogP contribution < -0.4 is 19.5 Å². The van der Waals surface area contributed by atoms with Gasteiger partial charge in [-0.3, -0.25) is 4.79 Å². The molecule has 6 nitrogen and oxygen atoms in total. The minimum Gasteiger partial charge on any atom is -0.490 e. The molecule has 1 aliphatic rings. The van der Waals surface area contributed by atoms with E-state index in [1.54, 1.807) is 11.5 Å². The van der Waals surface area contributed by atoms with Crippen LogP contribution in [0.3, 0.4) is 0 Å². The van der Waals surface area contributed by atoms with Crippen molar-refractivity contribution in [2.75, 3.05) is 13.4 Å². The minimum absolute atomic E-state index is 0.217. The van der Waals surface area contributed by atoms with Crippen LogP contribution in [0.25, 0.3) is 10.6 Å². The standard InChI is InChI=1S/C21H18N2O4S/c1-2-9-25-16-6-4-15(5-7-16)21-23-17(12-28-21)20(24)22-11-14-3-8-18-19(10-14)27-13-26-18/h2-8,10,12H,1,9,11,13H2,(H,22,24). The van der Waals surface area contributed by atoms with Crippen LogP contribution in [0.2, 0.25) is 0 Å². The Morgan fingerprint density at radius 1 is 1.21 bits per heavy atom. The molecule has 0 unspecified atom stereocenters. The molecule has 2 heterocycles. The van der Waals surface area contributed by atoms with Crippen molar-refractivity contribution >= 4 is 17.2 Å². The van der Waals surface area contributed by atoms with Gasteiger partial charge in [0.1, 0.15) is 23.1 Å². The van der Waals surface area contributed by atoms with Crippen LogP contribution in [-0.2, 0) is 6.54 Å². The van der Waals surface area contributed by atoms with Crippen molar-refractivity contribution in [1.29, 1.82) is 0 Å². The summed E-state index contributed by atoms with van der Waals surface area (Å²) in [6.45, 7) is 4.71. The number of nitrogens with zero attached hydrogens (tertiary/aromatic N) is 1. The van der Waals surface area contributed by atoms with Crippen molar-refractivity contribution in [2.24, 2.45) is 0 Å². The highest BCUT2D eigenvalue weighted by atomic mass is 32.1. The van der Waals surface area contributed by atoms with Crippen LogP contribution in [-0.4, -0.2) is 24.3 Å². The molecule has 0 atom stereocenters. The highest BCUT2D eigenvalue weighted by Crippen LogP contribution is 2.32. The Morgan fingerprint density at radius 3 is 2.86 bits per heavy atom. The average Bonchev–Trinajstić information content (AvgIpc) is 3.40. The third-order valence-electron chi connectivity index (χ3n) is 4.10. The lowest BCUT2D eigenvalue weighted by Crippen LogP contribution is -2.23. The highest BCUT2D eigenvalue weighted by molar-refractivity contribution is 7.13. The minimum atomic E-state index is -0.217. The van der Waals surface area contributed by atoms with Gasteiger partial charge in [-0.25, -0.2) is 4.98 Å². The fourth-order valence-corrected chi connectivity index (χ4v) is 3.49. The Balaban J connectivity index is 1.38. The van der Waals surface area contributed by atoms with Crippen LogP contribution in [0.15, 0.2) is 60.5 Å². The van der Waals surface area contributed by atoms with Gasteiger partial charge in [0, 0.05) is 17.5 Å². The van der Waals surface area contributed by atoms with E-state index in [9.17, 15) is 4.79 Å². The van der Waals surface area contributed by atoms with Gasteiger partial charge in [-0.2, -0.15) is 0 Å². The van der Waals surface area contributed by atoms with Crippen molar-refractivity contribution < 1.29 is 19.0 Å². The number of fused-ring (bicyclic) bond motifs is 1. The SMILES string of the molecule is C=CCOc1ccc(-c2nc(C(=O)NCc3ccc4c(c3)OCO4)cs2)cc1. The lowest BCUT2D eigenvalue weighted by Gasteiger charge is -2.05. The number of carbonyl (C=O) groups is 1. The smallest absolute Gasteiger partial charge is 0.271 e. The average molecular weight is 394 g/mol. The first kappa shape index (κ1) is 18.1. The topological polar surface area (TPSA) is 69.7 Å². The normalized spacial score (nSPS) is 11.9. The molecule has 1 N–H and O–H groups in total. The van der Waals surface area contributed by atoms with Crippen LogP contribution in [0, 0.1) is 0 Å². The third-order valence-corrected chi connectivity index (χ3v) is 4.99. The Morgan fingerprint density at radius 2 is 2.04 bits per heavy atom. The molecule has 1 aliphatic heterocycles. The Labute approximate surface area is 166 Å². The van der Waals surface area contributed by atoms with E-state index in [0.717, 1.165) is 27.6 Å². The molecule has 7 heteroatoms. The van der Waals surface area contributed by atoms with Crippen LogP contribution in [0.4, 0.5) is 0 Å². The first-order valence-corrected chi connectivity index (χ1v) is 9.57. The molecular weight excluding hydrogens is 376 g/mol. The number of carbonyl (C=O) groups excluding carboxylic acids is 1. The molecule has 3 aromatic rings. The maximum Gasteiger partial charge on any atom is 0.271 e. The zero-order valence-electron chi connectivity index (χ0n) is 15.0. The van der Waals surface area contributed by atoms with Crippen molar-refractivity contribution in [3.63, 3.8) is 0 Å². The van der Waals surface area contributed by atoms with Crippen LogP contribution in [0.5, 0.6) is 17.2 Å². The maximum atomic E-state index is 12.4. The second-order valence-corrected chi connectivity index (χ2v) is 6.89. The second-order valence-electron chi connectivity index (χ2n) is 6.03. The second kappa shape index (κ2) is 8.14. The highest BCUT2D eigenvalue weighted by Gasteiger charge is 2.15. The number of amides is 1. The molecule has 0 aliphatic carbocycles. The zero-order chi connectivity index (χ0) is 19.3. The number of benzene rings is 2. The molecule has 0 bridgehead atoms. The third kappa shape index (κ3) is 3.99. The van der Waals surface area contributed by atoms with E-state index >= 15 is 0 Å². The van der Waals surface area contributed by atoms with Gasteiger partial charge in [0.25, 0.3) is 5.91 Å². The number of nitrogens with one attached hydrogen (secondary N) is 1. The molecular formula is C21H18N2O4S. The molecule has 0 saturated carbocycles. The summed E-state index contributed by atoms with van der Waals surface area (Å²) < 4.78 is 16.1. The molecule has 2 aromatic carbocycles. The maximum absolute atomic E-state index is 12.4. The first-order valence-electron chi connectivity index (χ1n) is 8.69. The summed E-state index contributed by atoms with van der Waals surface area (Å²) in [7, 11) is 0. The van der Waals surface area contributed by atoms with E-state index in [2.05, 4.69) is 16.9 Å². The summed E-state index contributed by atoms with van der Waals surface area (Å²) in [5.41, 5.74) is 2.27. The molecule has 4 rings (SSSR count). The van der Waals surface area contributed by atoms with Crippen LogP contribution in [0.1, 0.15) is 16.1 Å². The van der Waals surface area contributed by atoms with E-state index in [1.165, 1.54) is 11.3 Å². The molecule has 0 spiro atoms. The number of hydrogen-bond donors (Lipinski definition) is 1. The van der Waals surface area contributed by atoms with Gasteiger partial charge in [0.2, 0.25) is 6.79 Å². The van der Waals surface area contributed by atoms with Crippen molar-refractivity contribution in [3.05, 3.63) is 71.8 Å². The quantitative estimate of drug-likeness (QED) is 0.613. The molecule has 1 amide bonds. The van der Waals surface area contributed by atoms with Gasteiger partial charge < -0.3 is 19.5 Å². The fraction of sp³-hybridized carbons (Fsp3) is 0.143. The molecule has 0 saturated heterocycles. The van der Waals surface area contributed by atoms with E-state index in [1.807, 2.05) is 42.5 Å². The van der Waals surface area contributed by atoms with Gasteiger partial charge in [0.15, 0.2) is 11.5 Å². The molecule has 0 fully saturated rings. The lowest BCUT2D eigenvalue weighted by atomic mass is 10.2. The van der Waals surface area contributed by atoms with E-state index in [-0.39, 0.29) is 12.7 Å². The predicted molar refractivity (Wildman–Crippen MR) is 107 cm³/mol. The number of ether oxygens (including phenoxy) is 3. The monoisotopic (exact) mass is 394 g/mol. The summed E-state index contributed by atoms with van der Waals surface area (Å²) in [6, 6.07) is 13.2. The van der Waals surface area contributed by atoms with E-state index in [0.29, 0.717) is 24.6 Å². The number of thiazole rings is 1. The Hall–Kier alpha value is -3.32. The van der Waals surface area contributed by atoms with Crippen LogP contribution >= 0.6 is 11.3 Å². The fourth-order valence-electron chi connectivity index (χ4n) is 2.68. The van der Waals surface area contributed by atoms with Crippen molar-refractivity contribution in [3.8, 4) is 27.8 Å². The van der Waals surface area contributed by atoms with Gasteiger partial charge in [0.05, 0.1) is 0 Å². The Kier molecular flexibility index (Phi) is 5.25. The summed E-state index contributed by atoms with van der Waals surface area (Å²) in [4.78, 5) is 16.9. The van der Waals surface area contributed by atoms with Crippen molar-refractivity contribution in [2.45, 2.75) is 6.54 Å². The Bertz CT molecular complexity index is 998. The number of hydrogen-bond acceptors (Lipinski definition) is 6.